The Kier molecular flexibility index (Phi) is 6.54. The topological polar surface area (TPSA) is 99.9 Å². The summed E-state index contributed by atoms with van der Waals surface area (Å²) in [4.78, 5) is 29.0. The van der Waals surface area contributed by atoms with Crippen molar-refractivity contribution in [1.29, 1.82) is 0 Å². The third kappa shape index (κ3) is 5.30. The lowest BCUT2D eigenvalue weighted by Crippen LogP contribution is -2.28. The molecular weight excluding hydrogens is 424 g/mol. The molecule has 168 valence electrons. The van der Waals surface area contributed by atoms with Gasteiger partial charge in [0.1, 0.15) is 28.6 Å². The molecule has 4 aromatic rings. The van der Waals surface area contributed by atoms with Crippen molar-refractivity contribution in [2.45, 2.75) is 13.5 Å². The normalized spacial score (nSPS) is 10.6. The number of benzene rings is 2. The summed E-state index contributed by atoms with van der Waals surface area (Å²) in [7, 11) is 1.57. The van der Waals surface area contributed by atoms with Gasteiger partial charge in [0.25, 0.3) is 5.91 Å². The van der Waals surface area contributed by atoms with E-state index >= 15 is 0 Å². The molecule has 1 amide bonds. The minimum absolute atomic E-state index is 0.108. The lowest BCUT2D eigenvalue weighted by molar-refractivity contribution is -0.123. The van der Waals surface area contributed by atoms with E-state index in [4.69, 9.17) is 18.6 Å². The number of nitrogens with zero attached hydrogens (tertiary/aromatic N) is 1. The van der Waals surface area contributed by atoms with Crippen molar-refractivity contribution in [1.82, 2.24) is 10.3 Å². The van der Waals surface area contributed by atoms with Crippen LogP contribution in [0.3, 0.4) is 0 Å². The van der Waals surface area contributed by atoms with E-state index in [2.05, 4.69) is 10.3 Å². The van der Waals surface area contributed by atoms with Crippen LogP contribution in [0.25, 0.3) is 11.0 Å². The minimum atomic E-state index is -0.300. The number of carbonyl (C=O) groups is 1. The van der Waals surface area contributed by atoms with E-state index in [0.29, 0.717) is 40.5 Å². The zero-order valence-corrected chi connectivity index (χ0v) is 18.2. The number of pyridine rings is 1. The largest absolute Gasteiger partial charge is 0.497 e. The first-order valence-electron chi connectivity index (χ1n) is 10.2. The van der Waals surface area contributed by atoms with Gasteiger partial charge in [-0.15, -0.1) is 0 Å². The Balaban J connectivity index is 1.44. The van der Waals surface area contributed by atoms with E-state index in [1.165, 1.54) is 0 Å². The molecule has 8 heteroatoms. The lowest BCUT2D eigenvalue weighted by Gasteiger charge is -2.11. The van der Waals surface area contributed by atoms with Crippen LogP contribution in [0.1, 0.15) is 11.3 Å². The van der Waals surface area contributed by atoms with E-state index in [-0.39, 0.29) is 23.7 Å². The maximum atomic E-state index is 13.0. The molecule has 4 rings (SSSR count). The average molecular weight is 446 g/mol. The molecule has 0 spiro atoms. The van der Waals surface area contributed by atoms with Crippen LogP contribution >= 0.6 is 0 Å². The molecule has 2 heterocycles. The van der Waals surface area contributed by atoms with Crippen molar-refractivity contribution >= 4 is 16.9 Å². The molecule has 0 saturated heterocycles. The maximum absolute atomic E-state index is 13.0. The van der Waals surface area contributed by atoms with Gasteiger partial charge < -0.3 is 23.9 Å². The number of aromatic nitrogens is 1. The molecule has 8 nitrogen and oxygen atoms in total. The summed E-state index contributed by atoms with van der Waals surface area (Å²) in [6.45, 7) is 1.87. The molecular formula is C25H22N2O6. The third-order valence-electron chi connectivity index (χ3n) is 4.88. The van der Waals surface area contributed by atoms with E-state index in [1.807, 2.05) is 12.1 Å². The lowest BCUT2D eigenvalue weighted by atomic mass is 10.2. The van der Waals surface area contributed by atoms with Crippen LogP contribution in [-0.4, -0.2) is 24.6 Å². The third-order valence-corrected chi connectivity index (χ3v) is 4.88. The standard InChI is InChI=1S/C25H22N2O6/c1-16-25(33-19-5-3-18(30-2)4-6-19)24(29)21-8-7-20(13-22(21)32-16)31-15-23(28)27-14-17-9-11-26-12-10-17/h3-13H,14-15H2,1-2H3,(H,27,28). The van der Waals surface area contributed by atoms with Crippen molar-refractivity contribution in [3.63, 3.8) is 0 Å². The number of carbonyl (C=O) groups excluding carboxylic acids is 1. The fraction of sp³-hybridized carbons (Fsp3) is 0.160. The van der Waals surface area contributed by atoms with Gasteiger partial charge in [-0.25, -0.2) is 0 Å². The maximum Gasteiger partial charge on any atom is 0.258 e. The quantitative estimate of drug-likeness (QED) is 0.437. The minimum Gasteiger partial charge on any atom is -0.497 e. The van der Waals surface area contributed by atoms with Gasteiger partial charge in [0.2, 0.25) is 11.2 Å². The second kappa shape index (κ2) is 9.86. The van der Waals surface area contributed by atoms with Crippen LogP contribution < -0.4 is 25.0 Å². The molecule has 0 aliphatic rings. The van der Waals surface area contributed by atoms with Crippen molar-refractivity contribution in [3.05, 3.63) is 88.5 Å². The Morgan fingerprint density at radius 2 is 1.70 bits per heavy atom. The molecule has 33 heavy (non-hydrogen) atoms. The van der Waals surface area contributed by atoms with Gasteiger partial charge in [0.15, 0.2) is 6.61 Å². The SMILES string of the molecule is COc1ccc(Oc2c(C)oc3cc(OCC(=O)NCc4ccncc4)ccc3c2=O)cc1. The number of fused-ring (bicyclic) bond motifs is 1. The summed E-state index contributed by atoms with van der Waals surface area (Å²) in [5.41, 5.74) is 0.981. The average Bonchev–Trinajstić information content (AvgIpc) is 2.85. The number of nitrogens with one attached hydrogen (secondary N) is 1. The molecule has 0 saturated carbocycles. The number of rotatable bonds is 8. The molecule has 2 aromatic carbocycles. The highest BCUT2D eigenvalue weighted by Crippen LogP contribution is 2.28. The smallest absolute Gasteiger partial charge is 0.258 e. The van der Waals surface area contributed by atoms with Gasteiger partial charge in [0.05, 0.1) is 12.5 Å². The Bertz CT molecular complexity index is 1320. The second-order valence-electron chi connectivity index (χ2n) is 7.17. The van der Waals surface area contributed by atoms with Crippen molar-refractivity contribution in [2.75, 3.05) is 13.7 Å². The molecule has 0 aliphatic heterocycles. The monoisotopic (exact) mass is 446 g/mol. The highest BCUT2D eigenvalue weighted by Gasteiger charge is 2.15. The molecule has 0 atom stereocenters. The van der Waals surface area contributed by atoms with Gasteiger partial charge in [-0.05, 0) is 61.0 Å². The van der Waals surface area contributed by atoms with Gasteiger partial charge in [0, 0.05) is 25.0 Å². The van der Waals surface area contributed by atoms with Crippen LogP contribution in [0, 0.1) is 6.92 Å². The van der Waals surface area contributed by atoms with E-state index in [9.17, 15) is 9.59 Å². The Hall–Kier alpha value is -4.33. The predicted octanol–water partition coefficient (Wildman–Crippen LogP) is 3.99. The summed E-state index contributed by atoms with van der Waals surface area (Å²) in [5.74, 6) is 1.75. The number of amides is 1. The first-order valence-corrected chi connectivity index (χ1v) is 10.2. The summed E-state index contributed by atoms with van der Waals surface area (Å²) in [6, 6.07) is 15.3. The Morgan fingerprint density at radius 1 is 1.00 bits per heavy atom. The molecule has 0 aliphatic carbocycles. The van der Waals surface area contributed by atoms with Crippen molar-refractivity contribution in [2.24, 2.45) is 0 Å². The summed E-state index contributed by atoms with van der Waals surface area (Å²) in [5, 5.41) is 3.12. The number of hydrogen-bond acceptors (Lipinski definition) is 7. The summed E-state index contributed by atoms with van der Waals surface area (Å²) >= 11 is 0. The summed E-state index contributed by atoms with van der Waals surface area (Å²) in [6.07, 6.45) is 3.33. The first kappa shape index (κ1) is 21.9. The molecule has 1 N–H and O–H groups in total. The molecule has 0 fully saturated rings. The second-order valence-corrected chi connectivity index (χ2v) is 7.17. The number of hydrogen-bond donors (Lipinski definition) is 1. The van der Waals surface area contributed by atoms with Crippen LogP contribution in [0.4, 0.5) is 0 Å². The predicted molar refractivity (Wildman–Crippen MR) is 122 cm³/mol. The highest BCUT2D eigenvalue weighted by atomic mass is 16.5. The molecule has 0 bridgehead atoms. The fourth-order valence-electron chi connectivity index (χ4n) is 3.14. The van der Waals surface area contributed by atoms with Crippen LogP contribution in [0.2, 0.25) is 0 Å². The molecule has 0 radical (unpaired) electrons. The van der Waals surface area contributed by atoms with Gasteiger partial charge in [-0.3, -0.25) is 14.6 Å². The van der Waals surface area contributed by atoms with Crippen LogP contribution in [0.15, 0.2) is 76.2 Å². The van der Waals surface area contributed by atoms with Gasteiger partial charge in [-0.1, -0.05) is 0 Å². The van der Waals surface area contributed by atoms with E-state index in [0.717, 1.165) is 5.56 Å². The van der Waals surface area contributed by atoms with E-state index < -0.39 is 0 Å². The number of ether oxygens (including phenoxy) is 3. The van der Waals surface area contributed by atoms with Gasteiger partial charge in [-0.2, -0.15) is 0 Å². The van der Waals surface area contributed by atoms with Crippen LogP contribution in [-0.2, 0) is 11.3 Å². The zero-order valence-electron chi connectivity index (χ0n) is 18.2. The zero-order chi connectivity index (χ0) is 23.2. The van der Waals surface area contributed by atoms with Crippen molar-refractivity contribution < 1.29 is 23.4 Å². The summed E-state index contributed by atoms with van der Waals surface area (Å²) < 4.78 is 22.3. The highest BCUT2D eigenvalue weighted by molar-refractivity contribution is 5.80. The molecule has 2 aromatic heterocycles. The number of aryl methyl sites for hydroxylation is 1. The van der Waals surface area contributed by atoms with Gasteiger partial charge >= 0.3 is 0 Å². The molecule has 0 unspecified atom stereocenters. The first-order chi connectivity index (χ1) is 16.0. The van der Waals surface area contributed by atoms with Crippen molar-refractivity contribution in [3.8, 4) is 23.0 Å². The van der Waals surface area contributed by atoms with Crippen LogP contribution in [0.5, 0.6) is 23.0 Å². The number of methoxy groups -OCH3 is 1. The Morgan fingerprint density at radius 3 is 2.42 bits per heavy atom. The van der Waals surface area contributed by atoms with E-state index in [1.54, 1.807) is 68.9 Å². The fourth-order valence-corrected chi connectivity index (χ4v) is 3.14. The Labute approximate surface area is 189 Å².